The number of hydrogen-bond donors (Lipinski definition) is 0. The first-order chi connectivity index (χ1) is 27.0. The molecular weight excluding hydrogens is 685 g/mol. The van der Waals surface area contributed by atoms with E-state index < -0.39 is 6.10 Å². The lowest BCUT2D eigenvalue weighted by atomic mass is 10.0. The van der Waals surface area contributed by atoms with Crippen LogP contribution in [0.25, 0.3) is 0 Å². The zero-order chi connectivity index (χ0) is 40.1. The Labute approximate surface area is 339 Å². The number of allylic oxidation sites excluding steroid dienone is 10. The van der Waals surface area contributed by atoms with E-state index in [4.69, 9.17) is 14.2 Å². The maximum Gasteiger partial charge on any atom is 0.306 e. The van der Waals surface area contributed by atoms with Gasteiger partial charge in [-0.25, -0.2) is 0 Å². The van der Waals surface area contributed by atoms with Crippen molar-refractivity contribution in [2.24, 2.45) is 0 Å². The smallest absolute Gasteiger partial charge is 0.306 e. The molecule has 0 saturated carbocycles. The summed E-state index contributed by atoms with van der Waals surface area (Å²) >= 11 is 0. The van der Waals surface area contributed by atoms with Gasteiger partial charge in [0, 0.05) is 19.3 Å². The fourth-order valence-electron chi connectivity index (χ4n) is 6.12. The summed E-state index contributed by atoms with van der Waals surface area (Å²) in [5.74, 6) is -0.941. The Balaban J connectivity index is 4.44. The van der Waals surface area contributed by atoms with Crippen LogP contribution in [-0.2, 0) is 28.6 Å². The Hall–Kier alpha value is -2.89. The van der Waals surface area contributed by atoms with E-state index in [1.165, 1.54) is 77.0 Å². The van der Waals surface area contributed by atoms with Gasteiger partial charge in [-0.15, -0.1) is 0 Å². The summed E-state index contributed by atoms with van der Waals surface area (Å²) in [7, 11) is 0. The Morgan fingerprint density at radius 1 is 0.382 bits per heavy atom. The number of esters is 3. The van der Waals surface area contributed by atoms with Crippen LogP contribution in [0.1, 0.15) is 213 Å². The van der Waals surface area contributed by atoms with E-state index in [1.54, 1.807) is 0 Å². The average molecular weight is 769 g/mol. The molecule has 1 atom stereocenters. The molecule has 0 rings (SSSR count). The molecule has 0 saturated heterocycles. The Morgan fingerprint density at radius 2 is 0.727 bits per heavy atom. The summed E-state index contributed by atoms with van der Waals surface area (Å²) in [6, 6.07) is 0. The monoisotopic (exact) mass is 769 g/mol. The van der Waals surface area contributed by atoms with Gasteiger partial charge in [0.1, 0.15) is 13.2 Å². The molecule has 0 radical (unpaired) electrons. The largest absolute Gasteiger partial charge is 0.462 e. The number of ether oxygens (including phenoxy) is 3. The molecule has 0 aromatic heterocycles. The second-order valence-electron chi connectivity index (χ2n) is 15.0. The highest BCUT2D eigenvalue weighted by atomic mass is 16.6. The molecule has 0 aromatic rings. The molecule has 316 valence electrons. The highest BCUT2D eigenvalue weighted by Crippen LogP contribution is 2.14. The fraction of sp³-hybridized carbons (Fsp3) is 0.735. The molecule has 0 aliphatic heterocycles. The van der Waals surface area contributed by atoms with Crippen LogP contribution in [0.2, 0.25) is 0 Å². The highest BCUT2D eigenvalue weighted by molar-refractivity contribution is 5.71. The van der Waals surface area contributed by atoms with Crippen LogP contribution in [0, 0.1) is 0 Å². The van der Waals surface area contributed by atoms with E-state index in [0.29, 0.717) is 19.3 Å². The van der Waals surface area contributed by atoms with Crippen molar-refractivity contribution in [3.8, 4) is 0 Å². The van der Waals surface area contributed by atoms with Gasteiger partial charge in [0.25, 0.3) is 0 Å². The molecule has 55 heavy (non-hydrogen) atoms. The van der Waals surface area contributed by atoms with E-state index in [2.05, 4.69) is 81.5 Å². The normalized spacial score (nSPS) is 12.6. The lowest BCUT2D eigenvalue weighted by molar-refractivity contribution is -0.167. The number of carbonyl (C=O) groups is 3. The van der Waals surface area contributed by atoms with Crippen molar-refractivity contribution in [1.29, 1.82) is 0 Å². The molecular formula is C49H84O6. The lowest BCUT2D eigenvalue weighted by Crippen LogP contribution is -2.30. The number of hydrogen-bond acceptors (Lipinski definition) is 6. The molecule has 0 aliphatic rings. The summed E-state index contributed by atoms with van der Waals surface area (Å²) in [5, 5.41) is 0. The van der Waals surface area contributed by atoms with Gasteiger partial charge < -0.3 is 14.2 Å². The van der Waals surface area contributed by atoms with Crippen molar-refractivity contribution in [3.05, 3.63) is 60.8 Å². The maximum atomic E-state index is 12.7. The van der Waals surface area contributed by atoms with E-state index in [1.807, 2.05) is 0 Å². The van der Waals surface area contributed by atoms with Crippen molar-refractivity contribution in [2.45, 2.75) is 219 Å². The molecule has 6 nitrogen and oxygen atoms in total. The molecule has 1 unspecified atom stereocenters. The van der Waals surface area contributed by atoms with Crippen molar-refractivity contribution < 1.29 is 28.6 Å². The molecule has 0 amide bonds. The summed E-state index contributed by atoms with van der Waals surface area (Å²) in [4.78, 5) is 37.7. The van der Waals surface area contributed by atoms with Gasteiger partial charge in [-0.2, -0.15) is 0 Å². The standard InChI is InChI=1S/C49H84O6/c1-4-7-10-13-16-19-22-24-27-30-33-36-39-42-48(51)54-45-46(44-53-47(50)41-38-35-32-29-26-21-18-15-12-9-6-3)55-49(52)43-40-37-34-31-28-25-23-20-17-14-11-8-5-2/h7,10,13,15-16,18-19,21-22,26,46H,4-6,8-9,11-12,14,17,20,23-25,27-45H2,1-3H3/b10-7-,16-13-,18-15-,22-19-,26-21-. The SMILES string of the molecule is CC\C=C/C=C\C=C/CCCCCCCC(=O)OCC(COC(=O)CCCCC/C=C\C=C/CCCC)OC(=O)CCCCCCCCCCCCCCC. The molecule has 0 aliphatic carbocycles. The van der Waals surface area contributed by atoms with Crippen molar-refractivity contribution in [2.75, 3.05) is 13.2 Å². The van der Waals surface area contributed by atoms with Crippen LogP contribution in [-0.4, -0.2) is 37.2 Å². The minimum atomic E-state index is -0.788. The van der Waals surface area contributed by atoms with E-state index >= 15 is 0 Å². The zero-order valence-corrected chi connectivity index (χ0v) is 35.9. The first kappa shape index (κ1) is 52.1. The van der Waals surface area contributed by atoms with Crippen LogP contribution in [0.3, 0.4) is 0 Å². The van der Waals surface area contributed by atoms with Gasteiger partial charge in [0.2, 0.25) is 0 Å². The van der Waals surface area contributed by atoms with Crippen LogP contribution in [0.5, 0.6) is 0 Å². The number of rotatable bonds is 40. The molecule has 0 bridgehead atoms. The predicted octanol–water partition coefficient (Wildman–Crippen LogP) is 14.5. The minimum Gasteiger partial charge on any atom is -0.462 e. The van der Waals surface area contributed by atoms with Crippen LogP contribution >= 0.6 is 0 Å². The van der Waals surface area contributed by atoms with E-state index in [9.17, 15) is 14.4 Å². The third kappa shape index (κ3) is 42.1. The number of carbonyl (C=O) groups excluding carboxylic acids is 3. The quantitative estimate of drug-likeness (QED) is 0.0267. The Bertz CT molecular complexity index is 1020. The maximum absolute atomic E-state index is 12.7. The van der Waals surface area contributed by atoms with Gasteiger partial charge in [0.15, 0.2) is 6.10 Å². The average Bonchev–Trinajstić information content (AvgIpc) is 3.18. The summed E-state index contributed by atoms with van der Waals surface area (Å²) < 4.78 is 16.7. The Morgan fingerprint density at radius 3 is 1.18 bits per heavy atom. The minimum absolute atomic E-state index is 0.0926. The second kappa shape index (κ2) is 43.8. The van der Waals surface area contributed by atoms with E-state index in [-0.39, 0.29) is 31.1 Å². The predicted molar refractivity (Wildman–Crippen MR) is 233 cm³/mol. The van der Waals surface area contributed by atoms with Crippen molar-refractivity contribution in [1.82, 2.24) is 0 Å². The van der Waals surface area contributed by atoms with Gasteiger partial charge in [-0.1, -0.05) is 197 Å². The first-order valence-corrected chi connectivity index (χ1v) is 22.8. The molecule has 0 heterocycles. The second-order valence-corrected chi connectivity index (χ2v) is 15.0. The number of unbranched alkanes of at least 4 members (excludes halogenated alkanes) is 22. The Kier molecular flexibility index (Phi) is 41.5. The van der Waals surface area contributed by atoms with Crippen molar-refractivity contribution >= 4 is 17.9 Å². The summed E-state index contributed by atoms with van der Waals surface area (Å²) in [6.07, 6.45) is 52.0. The van der Waals surface area contributed by atoms with Crippen LogP contribution < -0.4 is 0 Å². The highest BCUT2D eigenvalue weighted by Gasteiger charge is 2.19. The molecule has 6 heteroatoms. The third-order valence-corrected chi connectivity index (χ3v) is 9.60. The zero-order valence-electron chi connectivity index (χ0n) is 35.9. The summed E-state index contributed by atoms with van der Waals surface area (Å²) in [5.41, 5.74) is 0. The van der Waals surface area contributed by atoms with Gasteiger partial charge in [-0.3, -0.25) is 14.4 Å². The molecule has 0 fully saturated rings. The van der Waals surface area contributed by atoms with Gasteiger partial charge in [-0.05, 0) is 57.8 Å². The topological polar surface area (TPSA) is 78.9 Å². The summed E-state index contributed by atoms with van der Waals surface area (Å²) in [6.45, 7) is 6.40. The van der Waals surface area contributed by atoms with Crippen molar-refractivity contribution in [3.63, 3.8) is 0 Å². The van der Waals surface area contributed by atoms with Crippen LogP contribution in [0.15, 0.2) is 60.8 Å². The third-order valence-electron chi connectivity index (χ3n) is 9.60. The van der Waals surface area contributed by atoms with E-state index in [0.717, 1.165) is 96.3 Å². The fourth-order valence-corrected chi connectivity index (χ4v) is 6.12. The molecule has 0 N–H and O–H groups in total. The first-order valence-electron chi connectivity index (χ1n) is 22.8. The molecule has 0 spiro atoms. The van der Waals surface area contributed by atoms with Gasteiger partial charge in [0.05, 0.1) is 0 Å². The lowest BCUT2D eigenvalue weighted by Gasteiger charge is -2.18. The molecule has 0 aromatic carbocycles. The van der Waals surface area contributed by atoms with Gasteiger partial charge >= 0.3 is 17.9 Å². The van der Waals surface area contributed by atoms with Crippen LogP contribution in [0.4, 0.5) is 0 Å².